The first-order valence-corrected chi connectivity index (χ1v) is 10.1. The Bertz CT molecular complexity index is 1090. The van der Waals surface area contributed by atoms with Gasteiger partial charge < -0.3 is 9.73 Å². The first kappa shape index (κ1) is 16.8. The highest BCUT2D eigenvalue weighted by Gasteiger charge is 2.39. The van der Waals surface area contributed by atoms with Crippen molar-refractivity contribution in [3.05, 3.63) is 54.3 Å². The summed E-state index contributed by atoms with van der Waals surface area (Å²) in [5.41, 5.74) is 0.928. The second-order valence-corrected chi connectivity index (χ2v) is 9.09. The number of aromatic nitrogens is 1. The van der Waals surface area contributed by atoms with E-state index in [-0.39, 0.29) is 17.4 Å². The predicted molar refractivity (Wildman–Crippen MR) is 98.6 cm³/mol. The largest absolute Gasteiger partial charge is 0.463 e. The molecule has 1 fully saturated rings. The second kappa shape index (κ2) is 5.95. The summed E-state index contributed by atoms with van der Waals surface area (Å²) in [4.78, 5) is 17.6. The molecule has 3 aromatic rings. The van der Waals surface area contributed by atoms with Crippen LogP contribution in [0.1, 0.15) is 23.7 Å². The van der Waals surface area contributed by atoms with Crippen LogP contribution in [0, 0.1) is 0 Å². The molecular weight excluding hydrogens is 352 g/mol. The lowest BCUT2D eigenvalue weighted by molar-refractivity contribution is 0.0917. The van der Waals surface area contributed by atoms with Gasteiger partial charge in [-0.15, -0.1) is 0 Å². The van der Waals surface area contributed by atoms with Gasteiger partial charge in [-0.05, 0) is 37.6 Å². The minimum atomic E-state index is -3.11. The van der Waals surface area contributed by atoms with Gasteiger partial charge in [0.1, 0.15) is 5.69 Å². The number of nitrogens with one attached hydrogen (secondary N) is 1. The van der Waals surface area contributed by atoms with E-state index in [4.69, 9.17) is 4.42 Å². The van der Waals surface area contributed by atoms with Crippen LogP contribution >= 0.6 is 0 Å². The number of nitrogens with zero attached hydrogens (tertiary/aromatic N) is 1. The Morgan fingerprint density at radius 3 is 2.73 bits per heavy atom. The molecule has 134 valence electrons. The number of benzene rings is 1. The van der Waals surface area contributed by atoms with Crippen LogP contribution in [0.4, 0.5) is 0 Å². The lowest BCUT2D eigenvalue weighted by atomic mass is 10.00. The summed E-state index contributed by atoms with van der Waals surface area (Å²) in [5.74, 6) is 0.314. The number of sulfone groups is 1. The lowest BCUT2D eigenvalue weighted by Crippen LogP contribution is -2.47. The molecule has 0 aliphatic carbocycles. The average molecular weight is 370 g/mol. The lowest BCUT2D eigenvalue weighted by Gasteiger charge is -2.24. The van der Waals surface area contributed by atoms with Crippen LogP contribution < -0.4 is 5.32 Å². The third-order valence-corrected chi connectivity index (χ3v) is 6.56. The molecule has 7 heteroatoms. The molecule has 1 N–H and O–H groups in total. The van der Waals surface area contributed by atoms with Gasteiger partial charge in [0.15, 0.2) is 15.6 Å². The molecule has 1 aromatic carbocycles. The monoisotopic (exact) mass is 370 g/mol. The van der Waals surface area contributed by atoms with E-state index in [0.717, 1.165) is 0 Å². The van der Waals surface area contributed by atoms with E-state index in [1.165, 1.54) is 0 Å². The fourth-order valence-electron chi connectivity index (χ4n) is 3.36. The van der Waals surface area contributed by atoms with Gasteiger partial charge in [0.25, 0.3) is 5.91 Å². The van der Waals surface area contributed by atoms with E-state index in [1.807, 2.05) is 24.3 Å². The molecule has 0 bridgehead atoms. The fraction of sp³-hybridized carbons (Fsp3) is 0.263. The van der Waals surface area contributed by atoms with Crippen LogP contribution in [0.15, 0.2) is 53.1 Å². The molecule has 0 saturated carbocycles. The summed E-state index contributed by atoms with van der Waals surface area (Å²) in [5, 5.41) is 3.63. The highest BCUT2D eigenvalue weighted by Crippen LogP contribution is 2.27. The third kappa shape index (κ3) is 3.10. The Labute approximate surface area is 151 Å². The third-order valence-electron chi connectivity index (χ3n) is 4.65. The zero-order valence-electron chi connectivity index (χ0n) is 14.2. The average Bonchev–Trinajstić information content (AvgIpc) is 3.21. The maximum absolute atomic E-state index is 13.0. The quantitative estimate of drug-likeness (QED) is 0.766. The van der Waals surface area contributed by atoms with Crippen molar-refractivity contribution in [1.29, 1.82) is 0 Å². The van der Waals surface area contributed by atoms with Crippen molar-refractivity contribution in [3.63, 3.8) is 0 Å². The molecule has 1 aliphatic heterocycles. The number of hydrogen-bond acceptors (Lipinski definition) is 5. The van der Waals surface area contributed by atoms with Crippen LogP contribution in [-0.2, 0) is 9.84 Å². The van der Waals surface area contributed by atoms with Crippen LogP contribution in [-0.4, -0.2) is 36.4 Å². The SMILES string of the molecule is CC1(NC(=O)c2cc(-c3ccco3)nc3ccccc23)CCS(=O)(=O)C1. The summed E-state index contributed by atoms with van der Waals surface area (Å²) in [7, 11) is -3.11. The van der Waals surface area contributed by atoms with E-state index in [2.05, 4.69) is 10.3 Å². The molecular formula is C19H18N2O4S. The highest BCUT2D eigenvalue weighted by molar-refractivity contribution is 7.91. The molecule has 1 atom stereocenters. The van der Waals surface area contributed by atoms with Crippen molar-refractivity contribution in [3.8, 4) is 11.5 Å². The Balaban J connectivity index is 1.76. The molecule has 1 saturated heterocycles. The Hall–Kier alpha value is -2.67. The minimum Gasteiger partial charge on any atom is -0.463 e. The van der Waals surface area contributed by atoms with Gasteiger partial charge in [-0.1, -0.05) is 18.2 Å². The summed E-state index contributed by atoms with van der Waals surface area (Å²) in [6.07, 6.45) is 1.96. The Morgan fingerprint density at radius 1 is 1.23 bits per heavy atom. The first-order chi connectivity index (χ1) is 12.4. The summed E-state index contributed by atoms with van der Waals surface area (Å²) in [6, 6.07) is 12.6. The van der Waals surface area contributed by atoms with Gasteiger partial charge in [-0.3, -0.25) is 4.79 Å². The van der Waals surface area contributed by atoms with E-state index < -0.39 is 15.4 Å². The molecule has 6 nitrogen and oxygen atoms in total. The highest BCUT2D eigenvalue weighted by atomic mass is 32.2. The number of furan rings is 1. The molecule has 1 amide bonds. The van der Waals surface area contributed by atoms with E-state index in [9.17, 15) is 13.2 Å². The molecule has 26 heavy (non-hydrogen) atoms. The molecule has 1 unspecified atom stereocenters. The van der Waals surface area contributed by atoms with Crippen LogP contribution in [0.5, 0.6) is 0 Å². The first-order valence-electron chi connectivity index (χ1n) is 8.32. The van der Waals surface area contributed by atoms with Crippen molar-refractivity contribution in [2.75, 3.05) is 11.5 Å². The van der Waals surface area contributed by atoms with Gasteiger partial charge in [-0.25, -0.2) is 13.4 Å². The summed E-state index contributed by atoms with van der Waals surface area (Å²) >= 11 is 0. The number of pyridine rings is 1. The standard InChI is InChI=1S/C19H18N2O4S/c1-19(8-10-26(23,24)12-19)21-18(22)14-11-16(17-7-4-9-25-17)20-15-6-3-2-5-13(14)15/h2-7,9,11H,8,10,12H2,1H3,(H,21,22). The maximum Gasteiger partial charge on any atom is 0.252 e. The van der Waals surface area contributed by atoms with Gasteiger partial charge in [0.05, 0.1) is 34.4 Å². The van der Waals surface area contributed by atoms with Crippen molar-refractivity contribution in [1.82, 2.24) is 10.3 Å². The van der Waals surface area contributed by atoms with E-state index in [1.54, 1.807) is 31.4 Å². The van der Waals surface area contributed by atoms with Crippen LogP contribution in [0.25, 0.3) is 22.4 Å². The Kier molecular flexibility index (Phi) is 3.84. The normalized spacial score (nSPS) is 21.7. The molecule has 0 radical (unpaired) electrons. The summed E-state index contributed by atoms with van der Waals surface area (Å²) < 4.78 is 29.0. The van der Waals surface area contributed by atoms with Crippen molar-refractivity contribution < 1.29 is 17.6 Å². The van der Waals surface area contributed by atoms with E-state index in [0.29, 0.717) is 34.3 Å². The zero-order valence-corrected chi connectivity index (χ0v) is 15.0. The molecule has 0 spiro atoms. The zero-order chi connectivity index (χ0) is 18.4. The van der Waals surface area contributed by atoms with Crippen molar-refractivity contribution >= 4 is 26.6 Å². The predicted octanol–water partition coefficient (Wildman–Crippen LogP) is 2.80. The second-order valence-electron chi connectivity index (χ2n) is 6.91. The smallest absolute Gasteiger partial charge is 0.252 e. The topological polar surface area (TPSA) is 89.3 Å². The molecule has 1 aliphatic rings. The molecule has 3 heterocycles. The van der Waals surface area contributed by atoms with Gasteiger partial charge in [0.2, 0.25) is 0 Å². The number of carbonyl (C=O) groups excluding carboxylic acids is 1. The number of amides is 1. The van der Waals surface area contributed by atoms with Crippen LogP contribution in [0.3, 0.4) is 0 Å². The van der Waals surface area contributed by atoms with Gasteiger partial charge >= 0.3 is 0 Å². The number of rotatable bonds is 3. The molecule has 2 aromatic heterocycles. The number of para-hydroxylation sites is 1. The van der Waals surface area contributed by atoms with E-state index >= 15 is 0 Å². The molecule has 4 rings (SSSR count). The number of hydrogen-bond donors (Lipinski definition) is 1. The number of fused-ring (bicyclic) bond motifs is 1. The number of carbonyl (C=O) groups is 1. The Morgan fingerprint density at radius 2 is 2.04 bits per heavy atom. The minimum absolute atomic E-state index is 0.0419. The summed E-state index contributed by atoms with van der Waals surface area (Å²) in [6.45, 7) is 1.77. The maximum atomic E-state index is 13.0. The van der Waals surface area contributed by atoms with Crippen LogP contribution in [0.2, 0.25) is 0 Å². The van der Waals surface area contributed by atoms with Crippen molar-refractivity contribution in [2.24, 2.45) is 0 Å². The van der Waals surface area contributed by atoms with Gasteiger partial charge in [0, 0.05) is 5.39 Å². The van der Waals surface area contributed by atoms with Crippen molar-refractivity contribution in [2.45, 2.75) is 18.9 Å². The van der Waals surface area contributed by atoms with Gasteiger partial charge in [-0.2, -0.15) is 0 Å². The fourth-order valence-corrected chi connectivity index (χ4v) is 5.46.